The number of rotatable bonds is 7. The number of anilines is 3. The second kappa shape index (κ2) is 10.6. The van der Waals surface area contributed by atoms with Crippen LogP contribution in [0.25, 0.3) is 10.8 Å². The maximum atomic E-state index is 13.5. The fourth-order valence-corrected chi connectivity index (χ4v) is 6.60. The number of halogens is 6. The SMILES string of the molecule is C=CC1CN2CCC1CC2[C@H](Nc1c(Nc2cc(C(F)(F)F)cc(C(F)(F)F)c2)c(=O)c1=O)c1cccc2ccccc12. The lowest BCUT2D eigenvalue weighted by Crippen LogP contribution is -2.56. The third kappa shape index (κ3) is 5.30. The fourth-order valence-electron chi connectivity index (χ4n) is 6.60. The van der Waals surface area contributed by atoms with Gasteiger partial charge < -0.3 is 10.6 Å². The van der Waals surface area contributed by atoms with Crippen molar-refractivity contribution in [3.63, 3.8) is 0 Å². The van der Waals surface area contributed by atoms with Gasteiger partial charge in [-0.25, -0.2) is 0 Å². The molecule has 0 aliphatic carbocycles. The van der Waals surface area contributed by atoms with E-state index < -0.39 is 46.1 Å². The first kappa shape index (κ1) is 29.0. The lowest BCUT2D eigenvalue weighted by Gasteiger charge is -2.52. The van der Waals surface area contributed by atoms with E-state index in [1.54, 1.807) is 0 Å². The number of hydrogen-bond donors (Lipinski definition) is 2. The molecule has 2 bridgehead atoms. The molecule has 3 aliphatic rings. The van der Waals surface area contributed by atoms with Gasteiger partial charge in [0.2, 0.25) is 0 Å². The summed E-state index contributed by atoms with van der Waals surface area (Å²) in [5.41, 5.74) is -5.27. The molecule has 3 heterocycles. The highest BCUT2D eigenvalue weighted by molar-refractivity contribution is 5.87. The lowest BCUT2D eigenvalue weighted by atomic mass is 9.72. The third-order valence-electron chi connectivity index (χ3n) is 8.76. The van der Waals surface area contributed by atoms with Crippen LogP contribution in [-0.2, 0) is 12.4 Å². The first-order chi connectivity index (χ1) is 20.3. The molecule has 3 aliphatic heterocycles. The van der Waals surface area contributed by atoms with Crippen LogP contribution in [0.3, 0.4) is 0 Å². The summed E-state index contributed by atoms with van der Waals surface area (Å²) in [5.74, 6) is 0.674. The van der Waals surface area contributed by atoms with Gasteiger partial charge in [-0.2, -0.15) is 26.3 Å². The smallest absolute Gasteiger partial charge is 0.372 e. The average Bonchev–Trinajstić information content (AvgIpc) is 2.99. The minimum absolute atomic E-state index is 0.00604. The number of benzene rings is 3. The van der Waals surface area contributed by atoms with Crippen LogP contribution in [0.5, 0.6) is 0 Å². The first-order valence-electron chi connectivity index (χ1n) is 13.9. The van der Waals surface area contributed by atoms with E-state index in [9.17, 15) is 35.9 Å². The van der Waals surface area contributed by atoms with Crippen LogP contribution < -0.4 is 21.5 Å². The van der Waals surface area contributed by atoms with Crippen molar-refractivity contribution in [3.05, 3.63) is 110 Å². The molecule has 0 saturated carbocycles. The second-order valence-corrected chi connectivity index (χ2v) is 11.3. The Morgan fingerprint density at radius 2 is 1.53 bits per heavy atom. The van der Waals surface area contributed by atoms with Crippen molar-refractivity contribution in [2.45, 2.75) is 37.3 Å². The molecule has 0 aromatic heterocycles. The summed E-state index contributed by atoms with van der Waals surface area (Å²) in [6.45, 7) is 5.56. The van der Waals surface area contributed by atoms with Gasteiger partial charge >= 0.3 is 12.4 Å². The summed E-state index contributed by atoms with van der Waals surface area (Å²) in [4.78, 5) is 27.9. The van der Waals surface area contributed by atoms with Gasteiger partial charge in [0.15, 0.2) is 0 Å². The van der Waals surface area contributed by atoms with E-state index in [0.717, 1.165) is 42.3 Å². The first-order valence-corrected chi connectivity index (χ1v) is 13.9. The Morgan fingerprint density at radius 1 is 0.884 bits per heavy atom. The summed E-state index contributed by atoms with van der Waals surface area (Å²) < 4.78 is 80.7. The molecule has 4 unspecified atom stereocenters. The van der Waals surface area contributed by atoms with Gasteiger partial charge in [-0.1, -0.05) is 48.5 Å². The van der Waals surface area contributed by atoms with Crippen LogP contribution in [0.15, 0.2) is 82.9 Å². The molecule has 11 heteroatoms. The minimum atomic E-state index is -5.07. The van der Waals surface area contributed by atoms with Crippen molar-refractivity contribution in [3.8, 4) is 0 Å². The summed E-state index contributed by atoms with van der Waals surface area (Å²) in [6.07, 6.45) is -6.41. The molecule has 0 amide bonds. The molecule has 5 atom stereocenters. The molecular formula is C32H27F6N3O2. The Balaban J connectivity index is 1.41. The molecule has 224 valence electrons. The number of hydrogen-bond acceptors (Lipinski definition) is 5. The Morgan fingerprint density at radius 3 is 2.16 bits per heavy atom. The van der Waals surface area contributed by atoms with E-state index in [4.69, 9.17) is 0 Å². The van der Waals surface area contributed by atoms with Gasteiger partial charge in [0.05, 0.1) is 17.2 Å². The van der Waals surface area contributed by atoms with E-state index in [1.807, 2.05) is 48.5 Å². The van der Waals surface area contributed by atoms with Gasteiger partial charge in [0, 0.05) is 18.3 Å². The van der Waals surface area contributed by atoms with Crippen molar-refractivity contribution in [2.24, 2.45) is 11.8 Å². The minimum Gasteiger partial charge on any atom is -0.372 e. The Bertz CT molecular complexity index is 1730. The Labute approximate surface area is 242 Å². The van der Waals surface area contributed by atoms with Gasteiger partial charge in [0.25, 0.3) is 10.9 Å². The molecule has 3 fully saturated rings. The predicted molar refractivity (Wildman–Crippen MR) is 153 cm³/mol. The van der Waals surface area contributed by atoms with Gasteiger partial charge in [0.1, 0.15) is 11.4 Å². The number of nitrogens with zero attached hydrogens (tertiary/aromatic N) is 1. The number of nitrogens with one attached hydrogen (secondary N) is 2. The zero-order valence-corrected chi connectivity index (χ0v) is 22.7. The van der Waals surface area contributed by atoms with E-state index in [1.165, 1.54) is 0 Å². The van der Waals surface area contributed by atoms with Crippen molar-refractivity contribution in [1.82, 2.24) is 4.90 Å². The van der Waals surface area contributed by atoms with E-state index in [2.05, 4.69) is 22.1 Å². The maximum absolute atomic E-state index is 13.5. The average molecular weight is 600 g/mol. The lowest BCUT2D eigenvalue weighted by molar-refractivity contribution is -0.143. The number of piperidine rings is 3. The molecule has 5 nitrogen and oxygen atoms in total. The highest BCUT2D eigenvalue weighted by Crippen LogP contribution is 2.44. The van der Waals surface area contributed by atoms with Crippen molar-refractivity contribution in [2.75, 3.05) is 23.7 Å². The molecule has 4 aromatic carbocycles. The van der Waals surface area contributed by atoms with Crippen LogP contribution in [-0.4, -0.2) is 24.0 Å². The fraction of sp³-hybridized carbons (Fsp3) is 0.312. The summed E-state index contributed by atoms with van der Waals surface area (Å²) in [7, 11) is 0. The van der Waals surface area contributed by atoms with Crippen LogP contribution in [0.2, 0.25) is 0 Å². The Kier molecular flexibility index (Phi) is 7.11. The highest BCUT2D eigenvalue weighted by atomic mass is 19.4. The predicted octanol–water partition coefficient (Wildman–Crippen LogP) is 7.27. The molecule has 0 radical (unpaired) electrons. The number of alkyl halides is 6. The zero-order valence-electron chi connectivity index (χ0n) is 22.7. The molecule has 2 N–H and O–H groups in total. The van der Waals surface area contributed by atoms with E-state index >= 15 is 0 Å². The summed E-state index contributed by atoms with van der Waals surface area (Å²) in [5, 5.41) is 7.50. The van der Waals surface area contributed by atoms with E-state index in [0.29, 0.717) is 24.0 Å². The third-order valence-corrected chi connectivity index (χ3v) is 8.76. The molecule has 0 spiro atoms. The maximum Gasteiger partial charge on any atom is 0.416 e. The molecule has 7 rings (SSSR count). The Hall–Kier alpha value is -4.12. The monoisotopic (exact) mass is 599 g/mol. The van der Waals surface area contributed by atoms with Gasteiger partial charge in [-0.05, 0) is 65.8 Å². The summed E-state index contributed by atoms with van der Waals surface area (Å²) >= 11 is 0. The normalized spacial score (nSPS) is 22.9. The summed E-state index contributed by atoms with van der Waals surface area (Å²) in [6, 6.07) is 13.8. The van der Waals surface area contributed by atoms with Crippen LogP contribution in [0, 0.1) is 11.8 Å². The standard InChI is InChI=1S/C32H27F6N3O2/c1-2-17-16-41-11-10-19(17)12-25(41)26(24-9-5-7-18-6-3-4-8-23(18)24)40-28-27(29(42)30(28)43)39-22-14-20(31(33,34)35)13-21(15-22)32(36,37)38/h2-9,13-15,17,19,25-26,39-40H,1,10-12,16H2/t17?,19?,25?,26-/m1/s1. The largest absolute Gasteiger partial charge is 0.416 e. The van der Waals surface area contributed by atoms with Crippen LogP contribution in [0.1, 0.15) is 35.6 Å². The molecular weight excluding hydrogens is 572 g/mol. The number of fused-ring (bicyclic) bond motifs is 4. The van der Waals surface area contributed by atoms with Crippen molar-refractivity contribution >= 4 is 27.8 Å². The quantitative estimate of drug-likeness (QED) is 0.133. The molecule has 4 aromatic rings. The zero-order chi connectivity index (χ0) is 30.7. The van der Waals surface area contributed by atoms with Crippen molar-refractivity contribution < 1.29 is 26.3 Å². The van der Waals surface area contributed by atoms with Gasteiger partial charge in [-0.15, -0.1) is 6.58 Å². The van der Waals surface area contributed by atoms with Crippen molar-refractivity contribution in [1.29, 1.82) is 0 Å². The second-order valence-electron chi connectivity index (χ2n) is 11.3. The van der Waals surface area contributed by atoms with Gasteiger partial charge in [-0.3, -0.25) is 14.5 Å². The topological polar surface area (TPSA) is 61.4 Å². The van der Waals surface area contributed by atoms with E-state index in [-0.39, 0.29) is 23.5 Å². The molecule has 43 heavy (non-hydrogen) atoms. The molecule has 3 saturated heterocycles. The highest BCUT2D eigenvalue weighted by Gasteiger charge is 2.44. The van der Waals surface area contributed by atoms with Crippen LogP contribution in [0.4, 0.5) is 43.4 Å². The van der Waals surface area contributed by atoms with Crippen LogP contribution >= 0.6 is 0 Å².